The lowest BCUT2D eigenvalue weighted by atomic mass is 9.95. The second kappa shape index (κ2) is 11.5. The van der Waals surface area contributed by atoms with Crippen LogP contribution in [0.4, 0.5) is 5.69 Å². The van der Waals surface area contributed by atoms with Gasteiger partial charge in [0, 0.05) is 43.2 Å². The fourth-order valence-corrected chi connectivity index (χ4v) is 4.33. The first kappa shape index (κ1) is 25.6. The van der Waals surface area contributed by atoms with E-state index in [9.17, 15) is 24.8 Å². The first-order valence-electron chi connectivity index (χ1n) is 12.1. The average Bonchev–Trinajstić information content (AvgIpc) is 3.51. The normalized spacial score (nSPS) is 16.8. The Morgan fingerprint density at radius 2 is 1.95 bits per heavy atom. The molecule has 2 heterocycles. The standard InChI is InChI=1S/C27H28N4O6/c1-2-3-15-37-22-10-5-8-20(17-22)25(32)23-24(19-7-4-9-21(16-19)31(35)36)30(27(34)26(23)33)13-6-12-29-14-11-28-18-29/h4-5,7-11,14,16-18,24,32H,2-3,6,12-13,15H2,1H3/b25-23+. The van der Waals surface area contributed by atoms with Crippen LogP contribution in [0.2, 0.25) is 0 Å². The van der Waals surface area contributed by atoms with Crippen LogP contribution in [0.25, 0.3) is 5.76 Å². The van der Waals surface area contributed by atoms with Gasteiger partial charge in [0.2, 0.25) is 0 Å². The average molecular weight is 505 g/mol. The largest absolute Gasteiger partial charge is 0.507 e. The summed E-state index contributed by atoms with van der Waals surface area (Å²) in [4.78, 5) is 42.6. The summed E-state index contributed by atoms with van der Waals surface area (Å²) in [6.07, 6.45) is 7.44. The predicted octanol–water partition coefficient (Wildman–Crippen LogP) is 4.48. The van der Waals surface area contributed by atoms with Gasteiger partial charge in [-0.15, -0.1) is 0 Å². The van der Waals surface area contributed by atoms with E-state index in [1.807, 2.05) is 11.5 Å². The van der Waals surface area contributed by atoms with Gasteiger partial charge in [-0.25, -0.2) is 4.98 Å². The minimum Gasteiger partial charge on any atom is -0.507 e. The highest BCUT2D eigenvalue weighted by molar-refractivity contribution is 6.46. The number of nitro benzene ring substituents is 1. The molecule has 0 spiro atoms. The Labute approximate surface area is 214 Å². The molecule has 1 aliphatic rings. The van der Waals surface area contributed by atoms with Gasteiger partial charge in [-0.05, 0) is 30.5 Å². The number of hydrogen-bond acceptors (Lipinski definition) is 7. The molecule has 1 atom stereocenters. The van der Waals surface area contributed by atoms with Gasteiger partial charge in [0.15, 0.2) is 0 Å². The van der Waals surface area contributed by atoms with Crippen LogP contribution in [0, 0.1) is 10.1 Å². The number of carbonyl (C=O) groups is 2. The number of carbonyl (C=O) groups excluding carboxylic acids is 2. The van der Waals surface area contributed by atoms with Crippen molar-refractivity contribution in [1.82, 2.24) is 14.5 Å². The number of aliphatic hydroxyl groups is 1. The molecule has 1 fully saturated rings. The molecule has 1 unspecified atom stereocenters. The molecule has 1 amide bonds. The van der Waals surface area contributed by atoms with Crippen molar-refractivity contribution in [2.24, 2.45) is 0 Å². The Balaban J connectivity index is 1.73. The number of nitro groups is 1. The molecule has 0 bridgehead atoms. The van der Waals surface area contributed by atoms with Crippen LogP contribution in [0.3, 0.4) is 0 Å². The van der Waals surface area contributed by atoms with Crippen molar-refractivity contribution in [3.05, 3.63) is 94.1 Å². The number of imidazole rings is 1. The zero-order valence-corrected chi connectivity index (χ0v) is 20.4. The van der Waals surface area contributed by atoms with Crippen molar-refractivity contribution < 1.29 is 24.4 Å². The van der Waals surface area contributed by atoms with E-state index in [4.69, 9.17) is 4.74 Å². The van der Waals surface area contributed by atoms with Crippen LogP contribution >= 0.6 is 0 Å². The van der Waals surface area contributed by atoms with E-state index in [1.165, 1.54) is 23.1 Å². The minimum absolute atomic E-state index is 0.112. The number of aromatic nitrogens is 2. The SMILES string of the molecule is CCCCOc1cccc(/C(O)=C2\C(=O)C(=O)N(CCCn3ccnc3)C2c2cccc([N+](=O)[O-])c2)c1. The highest BCUT2D eigenvalue weighted by Crippen LogP contribution is 2.40. The maximum absolute atomic E-state index is 13.2. The number of ketones is 1. The number of unbranched alkanes of at least 4 members (excludes halogenated alkanes) is 1. The van der Waals surface area contributed by atoms with E-state index in [0.29, 0.717) is 36.4 Å². The minimum atomic E-state index is -0.979. The number of benzene rings is 2. The van der Waals surface area contributed by atoms with Crippen LogP contribution < -0.4 is 4.74 Å². The Morgan fingerprint density at radius 1 is 1.14 bits per heavy atom. The first-order chi connectivity index (χ1) is 17.9. The highest BCUT2D eigenvalue weighted by atomic mass is 16.6. The molecular formula is C27H28N4O6. The van der Waals surface area contributed by atoms with Gasteiger partial charge in [-0.3, -0.25) is 19.7 Å². The van der Waals surface area contributed by atoms with E-state index >= 15 is 0 Å². The Morgan fingerprint density at radius 3 is 2.68 bits per heavy atom. The molecule has 2 aromatic carbocycles. The highest BCUT2D eigenvalue weighted by Gasteiger charge is 2.46. The second-order valence-electron chi connectivity index (χ2n) is 8.73. The van der Waals surface area contributed by atoms with Gasteiger partial charge < -0.3 is 19.3 Å². The maximum Gasteiger partial charge on any atom is 0.295 e. The van der Waals surface area contributed by atoms with Crippen LogP contribution in [0.5, 0.6) is 5.75 Å². The summed E-state index contributed by atoms with van der Waals surface area (Å²) in [5.74, 6) is -1.43. The Bertz CT molecular complexity index is 1320. The summed E-state index contributed by atoms with van der Waals surface area (Å²) in [6, 6.07) is 11.5. The number of likely N-dealkylation sites (tertiary alicyclic amines) is 1. The molecular weight excluding hydrogens is 476 g/mol. The van der Waals surface area contributed by atoms with Crippen LogP contribution in [-0.4, -0.2) is 49.3 Å². The van der Waals surface area contributed by atoms with Crippen molar-refractivity contribution in [3.63, 3.8) is 0 Å². The van der Waals surface area contributed by atoms with Gasteiger partial charge in [0.25, 0.3) is 17.4 Å². The maximum atomic E-state index is 13.2. The zero-order chi connectivity index (χ0) is 26.4. The van der Waals surface area contributed by atoms with Gasteiger partial charge >= 0.3 is 0 Å². The lowest BCUT2D eigenvalue weighted by Crippen LogP contribution is -2.31. The molecule has 0 saturated carbocycles. The lowest BCUT2D eigenvalue weighted by Gasteiger charge is -2.25. The monoisotopic (exact) mass is 504 g/mol. The van der Waals surface area contributed by atoms with Crippen LogP contribution in [0.1, 0.15) is 43.4 Å². The number of nitrogens with zero attached hydrogens (tertiary/aromatic N) is 4. The van der Waals surface area contributed by atoms with Crippen molar-refractivity contribution in [2.45, 2.75) is 38.8 Å². The first-order valence-corrected chi connectivity index (χ1v) is 12.1. The van der Waals surface area contributed by atoms with Crippen molar-refractivity contribution in [2.75, 3.05) is 13.2 Å². The fraction of sp³-hybridized carbons (Fsp3) is 0.296. The predicted molar refractivity (Wildman–Crippen MR) is 136 cm³/mol. The molecule has 1 N–H and O–H groups in total. The van der Waals surface area contributed by atoms with Crippen LogP contribution in [0.15, 0.2) is 72.8 Å². The lowest BCUT2D eigenvalue weighted by molar-refractivity contribution is -0.384. The summed E-state index contributed by atoms with van der Waals surface area (Å²) < 4.78 is 7.58. The van der Waals surface area contributed by atoms with Gasteiger partial charge in [-0.1, -0.05) is 37.6 Å². The number of Topliss-reactive ketones (excluding diaryl/α,β-unsaturated/α-hetero) is 1. The number of non-ortho nitro benzene ring substituents is 1. The zero-order valence-electron chi connectivity index (χ0n) is 20.4. The molecule has 10 nitrogen and oxygen atoms in total. The number of ether oxygens (including phenoxy) is 1. The number of aryl methyl sites for hydroxylation is 1. The number of amides is 1. The summed E-state index contributed by atoms with van der Waals surface area (Å²) in [5, 5.41) is 22.7. The second-order valence-corrected chi connectivity index (χ2v) is 8.73. The van der Waals surface area contributed by atoms with Crippen molar-refractivity contribution in [3.8, 4) is 5.75 Å². The topological polar surface area (TPSA) is 128 Å². The molecule has 3 aromatic rings. The van der Waals surface area contributed by atoms with Gasteiger partial charge in [0.05, 0.1) is 29.5 Å². The summed E-state index contributed by atoms with van der Waals surface area (Å²) in [5.41, 5.74) is 0.403. The van der Waals surface area contributed by atoms with E-state index in [-0.39, 0.29) is 23.6 Å². The molecule has 0 aliphatic carbocycles. The fourth-order valence-electron chi connectivity index (χ4n) is 4.33. The quantitative estimate of drug-likeness (QED) is 0.102. The molecule has 1 aliphatic heterocycles. The van der Waals surface area contributed by atoms with Crippen LogP contribution in [-0.2, 0) is 16.1 Å². The number of rotatable bonds is 11. The summed E-state index contributed by atoms with van der Waals surface area (Å²) in [7, 11) is 0. The van der Waals surface area contributed by atoms with E-state index < -0.39 is 22.7 Å². The third-order valence-corrected chi connectivity index (χ3v) is 6.19. The number of aliphatic hydroxyl groups excluding tert-OH is 1. The smallest absolute Gasteiger partial charge is 0.295 e. The van der Waals surface area contributed by atoms with Crippen molar-refractivity contribution >= 4 is 23.1 Å². The van der Waals surface area contributed by atoms with Gasteiger partial charge in [-0.2, -0.15) is 0 Å². The third kappa shape index (κ3) is 5.69. The number of hydrogen-bond donors (Lipinski definition) is 1. The molecule has 192 valence electrons. The van der Waals surface area contributed by atoms with E-state index in [2.05, 4.69) is 4.98 Å². The summed E-state index contributed by atoms with van der Waals surface area (Å²) >= 11 is 0. The molecule has 10 heteroatoms. The molecule has 1 aromatic heterocycles. The summed E-state index contributed by atoms with van der Waals surface area (Å²) in [6.45, 7) is 3.32. The molecule has 37 heavy (non-hydrogen) atoms. The molecule has 1 saturated heterocycles. The van der Waals surface area contributed by atoms with Gasteiger partial charge in [0.1, 0.15) is 11.5 Å². The molecule has 0 radical (unpaired) electrons. The third-order valence-electron chi connectivity index (χ3n) is 6.19. The van der Waals surface area contributed by atoms with Crippen molar-refractivity contribution in [1.29, 1.82) is 0 Å². The molecule has 4 rings (SSSR count). The Hall–Kier alpha value is -4.47. The van der Waals surface area contributed by atoms with E-state index in [1.54, 1.807) is 49.1 Å². The van der Waals surface area contributed by atoms with E-state index in [0.717, 1.165) is 12.8 Å². The Kier molecular flexibility index (Phi) is 7.97.